The zero-order valence-electron chi connectivity index (χ0n) is 12.3. The summed E-state index contributed by atoms with van der Waals surface area (Å²) in [7, 11) is -4.89. The number of sulfone groups is 1. The molecule has 0 aliphatic carbocycles. The van der Waals surface area contributed by atoms with Gasteiger partial charge in [0.15, 0.2) is 0 Å². The Labute approximate surface area is 145 Å². The number of halogens is 4. The van der Waals surface area contributed by atoms with Crippen LogP contribution in [0.1, 0.15) is 10.4 Å². The Morgan fingerprint density at radius 2 is 1.56 bits per heavy atom. The maximum atomic E-state index is 12.7. The number of thioether (sulfide) groups is 1. The summed E-state index contributed by atoms with van der Waals surface area (Å²) in [5, 5.41) is 2.24. The number of anilines is 1. The summed E-state index contributed by atoms with van der Waals surface area (Å²) in [5.41, 5.74) is -0.235. The predicted octanol–water partition coefficient (Wildman–Crippen LogP) is 4.25. The van der Waals surface area contributed by atoms with Crippen LogP contribution in [0.3, 0.4) is 0 Å². The molecule has 0 fully saturated rings. The lowest BCUT2D eigenvalue weighted by Gasteiger charge is -2.11. The van der Waals surface area contributed by atoms with Crippen LogP contribution in [0.25, 0.3) is 0 Å². The first kappa shape index (κ1) is 19.3. The Kier molecular flexibility index (Phi) is 6.07. The molecule has 0 bridgehead atoms. The second-order valence-corrected chi connectivity index (χ2v) is 7.61. The lowest BCUT2D eigenvalue weighted by molar-refractivity contribution is 0.102. The molecule has 0 saturated heterocycles. The van der Waals surface area contributed by atoms with Crippen molar-refractivity contribution in [2.24, 2.45) is 0 Å². The first-order valence-electron chi connectivity index (χ1n) is 6.69. The van der Waals surface area contributed by atoms with Gasteiger partial charge in [-0.15, -0.1) is 0 Å². The first-order chi connectivity index (χ1) is 11.7. The van der Waals surface area contributed by atoms with E-state index in [1.54, 1.807) is 0 Å². The fourth-order valence-electron chi connectivity index (χ4n) is 1.90. The van der Waals surface area contributed by atoms with Crippen LogP contribution in [0.5, 0.6) is 0 Å². The van der Waals surface area contributed by atoms with Crippen LogP contribution in [0, 0.1) is 0 Å². The van der Waals surface area contributed by atoms with Gasteiger partial charge in [-0.1, -0.05) is 23.9 Å². The zero-order valence-corrected chi connectivity index (χ0v) is 14.0. The van der Waals surface area contributed by atoms with Crippen molar-refractivity contribution in [3.63, 3.8) is 0 Å². The van der Waals surface area contributed by atoms with Crippen LogP contribution >= 0.6 is 11.8 Å². The number of rotatable bonds is 6. The molecule has 1 N–H and O–H groups in total. The monoisotopic (exact) mass is 393 g/mol. The fourth-order valence-corrected chi connectivity index (χ4v) is 3.28. The smallest absolute Gasteiger partial charge is 0.321 e. The molecule has 0 radical (unpaired) electrons. The number of benzene rings is 2. The predicted molar refractivity (Wildman–Crippen MR) is 85.9 cm³/mol. The highest BCUT2D eigenvalue weighted by molar-refractivity contribution is 7.99. The van der Waals surface area contributed by atoms with E-state index in [0.29, 0.717) is 11.8 Å². The Bertz CT molecular complexity index is 855. The molecule has 134 valence electrons. The van der Waals surface area contributed by atoms with Gasteiger partial charge in [0.1, 0.15) is 0 Å². The molecule has 0 atom stereocenters. The Morgan fingerprint density at radius 1 is 0.960 bits per heavy atom. The van der Waals surface area contributed by atoms with Gasteiger partial charge in [0, 0.05) is 10.5 Å². The summed E-state index contributed by atoms with van der Waals surface area (Å²) in [6, 6.07) is 9.90. The zero-order chi connectivity index (χ0) is 18.6. The molecular formula is C15H11F4NO3S2. The molecule has 0 aliphatic heterocycles. The standard InChI is InChI=1S/C15H11F4NO3S2/c16-14(17)24-10-7-5-9(6-8-10)13(21)20-11-3-1-2-4-12(11)25(22,23)15(18)19/h1-8,14-15H,(H,20,21). The highest BCUT2D eigenvalue weighted by atomic mass is 32.2. The molecule has 2 aromatic rings. The molecule has 0 spiro atoms. The molecule has 2 aromatic carbocycles. The van der Waals surface area contributed by atoms with Crippen molar-refractivity contribution in [2.45, 2.75) is 21.3 Å². The van der Waals surface area contributed by atoms with Crippen LogP contribution < -0.4 is 5.32 Å². The molecule has 4 nitrogen and oxygen atoms in total. The van der Waals surface area contributed by atoms with Crippen LogP contribution in [0.2, 0.25) is 0 Å². The molecule has 0 saturated carbocycles. The van der Waals surface area contributed by atoms with Crippen LogP contribution in [-0.4, -0.2) is 25.8 Å². The lowest BCUT2D eigenvalue weighted by Crippen LogP contribution is -2.17. The van der Waals surface area contributed by atoms with Gasteiger partial charge in [-0.3, -0.25) is 4.79 Å². The van der Waals surface area contributed by atoms with Gasteiger partial charge in [0.2, 0.25) is 9.84 Å². The van der Waals surface area contributed by atoms with Crippen molar-refractivity contribution in [1.29, 1.82) is 0 Å². The number of hydrogen-bond acceptors (Lipinski definition) is 4. The van der Waals surface area contributed by atoms with E-state index in [9.17, 15) is 30.8 Å². The van der Waals surface area contributed by atoms with Crippen LogP contribution in [0.15, 0.2) is 58.3 Å². The van der Waals surface area contributed by atoms with E-state index in [0.717, 1.165) is 6.07 Å². The number of nitrogens with one attached hydrogen (secondary N) is 1. The van der Waals surface area contributed by atoms with Gasteiger partial charge in [0.25, 0.3) is 11.7 Å². The number of hydrogen-bond donors (Lipinski definition) is 1. The van der Waals surface area contributed by atoms with Crippen molar-refractivity contribution in [3.05, 3.63) is 54.1 Å². The van der Waals surface area contributed by atoms with E-state index in [1.807, 2.05) is 0 Å². The molecule has 1 amide bonds. The SMILES string of the molecule is O=C(Nc1ccccc1S(=O)(=O)C(F)F)c1ccc(SC(F)F)cc1. The van der Waals surface area contributed by atoms with Crippen molar-refractivity contribution < 1.29 is 30.8 Å². The Morgan fingerprint density at radius 3 is 2.12 bits per heavy atom. The van der Waals surface area contributed by atoms with E-state index >= 15 is 0 Å². The van der Waals surface area contributed by atoms with E-state index in [4.69, 9.17) is 0 Å². The molecule has 25 heavy (non-hydrogen) atoms. The molecule has 2 rings (SSSR count). The quantitative estimate of drug-likeness (QED) is 0.589. The number of alkyl halides is 4. The Hall–Kier alpha value is -2.07. The normalized spacial score (nSPS) is 11.8. The van der Waals surface area contributed by atoms with Gasteiger partial charge < -0.3 is 5.32 Å². The molecule has 0 unspecified atom stereocenters. The van der Waals surface area contributed by atoms with E-state index in [1.165, 1.54) is 42.5 Å². The number of amides is 1. The molecular weight excluding hydrogens is 382 g/mol. The van der Waals surface area contributed by atoms with Crippen molar-refractivity contribution in [3.8, 4) is 0 Å². The van der Waals surface area contributed by atoms with Crippen molar-refractivity contribution >= 4 is 33.2 Å². The third-order valence-electron chi connectivity index (χ3n) is 3.02. The highest BCUT2D eigenvalue weighted by Crippen LogP contribution is 2.27. The minimum atomic E-state index is -4.89. The van der Waals surface area contributed by atoms with Crippen LogP contribution in [0.4, 0.5) is 23.2 Å². The Balaban J connectivity index is 2.24. The number of carbonyl (C=O) groups excluding carboxylic acids is 1. The molecule has 0 heterocycles. The first-order valence-corrected chi connectivity index (χ1v) is 9.11. The largest absolute Gasteiger partial charge is 0.341 e. The second-order valence-electron chi connectivity index (χ2n) is 4.66. The fraction of sp³-hybridized carbons (Fsp3) is 0.133. The summed E-state index contributed by atoms with van der Waals surface area (Å²) in [6.07, 6.45) is 0. The van der Waals surface area contributed by atoms with Crippen molar-refractivity contribution in [2.75, 3.05) is 5.32 Å². The molecule has 0 aromatic heterocycles. The third-order valence-corrected chi connectivity index (χ3v) is 5.18. The summed E-state index contributed by atoms with van der Waals surface area (Å²) in [5.74, 6) is -6.99. The lowest BCUT2D eigenvalue weighted by atomic mass is 10.2. The summed E-state index contributed by atoms with van der Waals surface area (Å²) in [4.78, 5) is 11.7. The topological polar surface area (TPSA) is 63.2 Å². The number of carbonyl (C=O) groups is 1. The maximum Gasteiger partial charge on any atom is 0.341 e. The molecule has 0 aliphatic rings. The minimum Gasteiger partial charge on any atom is -0.321 e. The van der Waals surface area contributed by atoms with Gasteiger partial charge in [-0.2, -0.15) is 17.6 Å². The second kappa shape index (κ2) is 7.87. The average molecular weight is 393 g/mol. The maximum absolute atomic E-state index is 12.7. The van der Waals surface area contributed by atoms with Gasteiger partial charge in [-0.25, -0.2) is 8.42 Å². The van der Waals surface area contributed by atoms with Crippen molar-refractivity contribution in [1.82, 2.24) is 0 Å². The van der Waals surface area contributed by atoms with E-state index in [2.05, 4.69) is 5.32 Å². The van der Waals surface area contributed by atoms with Crippen LogP contribution in [-0.2, 0) is 9.84 Å². The van der Waals surface area contributed by atoms with E-state index < -0.39 is 32.2 Å². The van der Waals surface area contributed by atoms with E-state index in [-0.39, 0.29) is 16.1 Å². The van der Waals surface area contributed by atoms with Gasteiger partial charge in [0.05, 0.1) is 10.6 Å². The van der Waals surface area contributed by atoms with Gasteiger partial charge >= 0.3 is 5.76 Å². The highest BCUT2D eigenvalue weighted by Gasteiger charge is 2.29. The van der Waals surface area contributed by atoms with Gasteiger partial charge in [-0.05, 0) is 36.4 Å². The number of para-hydroxylation sites is 1. The minimum absolute atomic E-state index is 0.0582. The summed E-state index contributed by atoms with van der Waals surface area (Å²) >= 11 is 0.304. The third kappa shape index (κ3) is 4.73. The average Bonchev–Trinajstić information content (AvgIpc) is 2.55. The summed E-state index contributed by atoms with van der Waals surface area (Å²) < 4.78 is 73.2. The summed E-state index contributed by atoms with van der Waals surface area (Å²) in [6.45, 7) is 0. The molecule has 10 heteroatoms.